The molecule has 0 spiro atoms. The summed E-state index contributed by atoms with van der Waals surface area (Å²) >= 11 is 1.64. The first-order valence-electron chi connectivity index (χ1n) is 7.06. The van der Waals surface area contributed by atoms with E-state index in [4.69, 9.17) is 0 Å². The van der Waals surface area contributed by atoms with Gasteiger partial charge in [0.1, 0.15) is 17.9 Å². The zero-order valence-electron chi connectivity index (χ0n) is 13.5. The molecule has 1 N–H and O–H groups in total. The van der Waals surface area contributed by atoms with Gasteiger partial charge in [0.25, 0.3) is 5.91 Å². The van der Waals surface area contributed by atoms with Gasteiger partial charge in [0.05, 0.1) is 11.1 Å². The summed E-state index contributed by atoms with van der Waals surface area (Å²) in [5.41, 5.74) is 3.79. The third kappa shape index (κ3) is 4.19. The monoisotopic (exact) mass is 347 g/mol. The Kier molecular flexibility index (Phi) is 5.69. The molecule has 9 heteroatoms. The van der Waals surface area contributed by atoms with E-state index in [-0.39, 0.29) is 17.9 Å². The topological polar surface area (TPSA) is 102 Å². The standard InChI is InChI=1S/C15H17N5O3S/c1-10-15(20(22)23)11(2)19(18-10)9-14(21)17-16-8-12-4-6-13(24-3)7-5-12/h4-8H,9H2,1-3H3,(H,17,21)/b16-8-. The van der Waals surface area contributed by atoms with Crippen LogP contribution in [0.1, 0.15) is 17.0 Å². The number of nitrogens with zero attached hydrogens (tertiary/aromatic N) is 4. The first-order chi connectivity index (χ1) is 11.4. The van der Waals surface area contributed by atoms with Crippen molar-refractivity contribution in [2.24, 2.45) is 5.10 Å². The van der Waals surface area contributed by atoms with Gasteiger partial charge in [-0.25, -0.2) is 5.43 Å². The van der Waals surface area contributed by atoms with Gasteiger partial charge in [0.2, 0.25) is 0 Å². The van der Waals surface area contributed by atoms with Crippen LogP contribution in [0.5, 0.6) is 0 Å². The summed E-state index contributed by atoms with van der Waals surface area (Å²) in [4.78, 5) is 23.5. The molecule has 1 heterocycles. The van der Waals surface area contributed by atoms with E-state index < -0.39 is 10.8 Å². The predicted octanol–water partition coefficient (Wildman–Crippen LogP) is 2.28. The number of aryl methyl sites for hydroxylation is 1. The van der Waals surface area contributed by atoms with E-state index in [1.54, 1.807) is 18.7 Å². The summed E-state index contributed by atoms with van der Waals surface area (Å²) in [7, 11) is 0. The quantitative estimate of drug-likeness (QED) is 0.374. The molecule has 24 heavy (non-hydrogen) atoms. The van der Waals surface area contributed by atoms with Crippen molar-refractivity contribution in [2.75, 3.05) is 6.26 Å². The lowest BCUT2D eigenvalue weighted by Gasteiger charge is -2.02. The van der Waals surface area contributed by atoms with Crippen LogP contribution in [0.3, 0.4) is 0 Å². The number of rotatable bonds is 6. The minimum atomic E-state index is -0.498. The molecule has 8 nitrogen and oxygen atoms in total. The fourth-order valence-electron chi connectivity index (χ4n) is 2.15. The van der Waals surface area contributed by atoms with E-state index in [1.807, 2.05) is 30.5 Å². The number of aromatic nitrogens is 2. The van der Waals surface area contributed by atoms with Gasteiger partial charge in [-0.2, -0.15) is 10.2 Å². The first-order valence-corrected chi connectivity index (χ1v) is 8.29. The van der Waals surface area contributed by atoms with Gasteiger partial charge in [-0.05, 0) is 37.8 Å². The summed E-state index contributed by atoms with van der Waals surface area (Å²) in [6.45, 7) is 2.96. The van der Waals surface area contributed by atoms with Crippen LogP contribution in [0.15, 0.2) is 34.3 Å². The molecule has 2 rings (SSSR count). The van der Waals surface area contributed by atoms with Gasteiger partial charge < -0.3 is 0 Å². The Morgan fingerprint density at radius 2 is 2.08 bits per heavy atom. The summed E-state index contributed by atoms with van der Waals surface area (Å²) in [5.74, 6) is -0.410. The number of nitro groups is 1. The summed E-state index contributed by atoms with van der Waals surface area (Å²) in [5, 5.41) is 18.8. The second kappa shape index (κ2) is 7.73. The Bertz CT molecular complexity index is 783. The van der Waals surface area contributed by atoms with Gasteiger partial charge in [-0.3, -0.25) is 19.6 Å². The minimum Gasteiger partial charge on any atom is -0.271 e. The smallest absolute Gasteiger partial charge is 0.271 e. The second-order valence-electron chi connectivity index (χ2n) is 5.00. The lowest BCUT2D eigenvalue weighted by Crippen LogP contribution is -2.24. The number of hydrogen-bond donors (Lipinski definition) is 1. The highest BCUT2D eigenvalue weighted by Gasteiger charge is 2.22. The third-order valence-corrected chi connectivity index (χ3v) is 4.08. The number of amides is 1. The molecule has 0 fully saturated rings. The maximum Gasteiger partial charge on any atom is 0.312 e. The average Bonchev–Trinajstić information content (AvgIpc) is 2.82. The highest BCUT2D eigenvalue weighted by atomic mass is 32.2. The number of hydrogen-bond acceptors (Lipinski definition) is 6. The molecule has 0 aliphatic heterocycles. The van der Waals surface area contributed by atoms with Crippen LogP contribution >= 0.6 is 11.8 Å². The van der Waals surface area contributed by atoms with Gasteiger partial charge in [-0.15, -0.1) is 11.8 Å². The van der Waals surface area contributed by atoms with Gasteiger partial charge in [0.15, 0.2) is 0 Å². The molecule has 0 atom stereocenters. The number of thioether (sulfide) groups is 1. The van der Waals surface area contributed by atoms with Crippen molar-refractivity contribution in [1.29, 1.82) is 0 Å². The minimum absolute atomic E-state index is 0.0693. The van der Waals surface area contributed by atoms with Crippen LogP contribution in [0.25, 0.3) is 0 Å². The third-order valence-electron chi connectivity index (χ3n) is 3.34. The van der Waals surface area contributed by atoms with Crippen LogP contribution < -0.4 is 5.43 Å². The largest absolute Gasteiger partial charge is 0.312 e. The summed E-state index contributed by atoms with van der Waals surface area (Å²) in [6, 6.07) is 7.71. The van der Waals surface area contributed by atoms with Gasteiger partial charge >= 0.3 is 5.69 Å². The van der Waals surface area contributed by atoms with E-state index in [0.29, 0.717) is 5.69 Å². The lowest BCUT2D eigenvalue weighted by molar-refractivity contribution is -0.386. The van der Waals surface area contributed by atoms with Crippen molar-refractivity contribution >= 4 is 29.6 Å². The molecule has 1 aromatic carbocycles. The van der Waals surface area contributed by atoms with Crippen molar-refractivity contribution < 1.29 is 9.72 Å². The van der Waals surface area contributed by atoms with Crippen molar-refractivity contribution in [3.05, 3.63) is 51.3 Å². The maximum atomic E-state index is 11.9. The molecule has 1 amide bonds. The fourth-order valence-corrected chi connectivity index (χ4v) is 2.55. The number of nitrogens with one attached hydrogen (secondary N) is 1. The predicted molar refractivity (Wildman–Crippen MR) is 92.3 cm³/mol. The highest BCUT2D eigenvalue weighted by Crippen LogP contribution is 2.21. The molecule has 0 saturated carbocycles. The van der Waals surface area contributed by atoms with Gasteiger partial charge in [-0.1, -0.05) is 12.1 Å². The van der Waals surface area contributed by atoms with Crippen molar-refractivity contribution in [2.45, 2.75) is 25.3 Å². The highest BCUT2D eigenvalue weighted by molar-refractivity contribution is 7.98. The van der Waals surface area contributed by atoms with Crippen molar-refractivity contribution in [3.8, 4) is 0 Å². The van der Waals surface area contributed by atoms with E-state index in [0.717, 1.165) is 10.5 Å². The SMILES string of the molecule is CSc1ccc(/C=N\NC(=O)Cn2nc(C)c([N+](=O)[O-])c2C)cc1. The summed E-state index contributed by atoms with van der Waals surface area (Å²) in [6.07, 6.45) is 3.53. The van der Waals surface area contributed by atoms with Crippen LogP contribution in [0.4, 0.5) is 5.69 Å². The van der Waals surface area contributed by atoms with Crippen LogP contribution in [-0.2, 0) is 11.3 Å². The van der Waals surface area contributed by atoms with Crippen LogP contribution in [0.2, 0.25) is 0 Å². The summed E-state index contributed by atoms with van der Waals surface area (Å²) < 4.78 is 1.30. The zero-order chi connectivity index (χ0) is 17.7. The van der Waals surface area contributed by atoms with E-state index in [2.05, 4.69) is 15.6 Å². The lowest BCUT2D eigenvalue weighted by atomic mass is 10.2. The van der Waals surface area contributed by atoms with E-state index in [1.165, 1.54) is 17.8 Å². The molecule has 126 valence electrons. The zero-order valence-corrected chi connectivity index (χ0v) is 14.3. The first kappa shape index (κ1) is 17.7. The average molecular weight is 347 g/mol. The molecule has 0 bridgehead atoms. The molecule has 2 aromatic rings. The van der Waals surface area contributed by atoms with Crippen molar-refractivity contribution in [3.63, 3.8) is 0 Å². The number of carbonyl (C=O) groups is 1. The van der Waals surface area contributed by atoms with E-state index >= 15 is 0 Å². The molecular formula is C15H17N5O3S. The molecule has 0 aliphatic carbocycles. The van der Waals surface area contributed by atoms with Crippen molar-refractivity contribution in [1.82, 2.24) is 15.2 Å². The fraction of sp³-hybridized carbons (Fsp3) is 0.267. The van der Waals surface area contributed by atoms with E-state index in [9.17, 15) is 14.9 Å². The molecule has 0 aliphatic rings. The normalized spacial score (nSPS) is 11.0. The molecule has 1 aromatic heterocycles. The molecular weight excluding hydrogens is 330 g/mol. The molecule has 0 radical (unpaired) electrons. The second-order valence-corrected chi connectivity index (χ2v) is 5.88. The Labute approximate surface area is 143 Å². The van der Waals surface area contributed by atoms with Crippen LogP contribution in [0, 0.1) is 24.0 Å². The Balaban J connectivity index is 1.97. The number of hydrazone groups is 1. The Hall–Kier alpha value is -2.68. The molecule has 0 unspecified atom stereocenters. The molecule has 0 saturated heterocycles. The Morgan fingerprint density at radius 3 is 2.62 bits per heavy atom. The van der Waals surface area contributed by atoms with Gasteiger partial charge in [0, 0.05) is 4.90 Å². The number of benzene rings is 1. The maximum absolute atomic E-state index is 11.9. The Morgan fingerprint density at radius 1 is 1.42 bits per heavy atom. The van der Waals surface area contributed by atoms with Crippen LogP contribution in [-0.4, -0.2) is 33.1 Å². The number of carbonyl (C=O) groups excluding carboxylic acids is 1.